The van der Waals surface area contributed by atoms with Crippen molar-refractivity contribution < 1.29 is 9.53 Å². The number of anilines is 1. The van der Waals surface area contributed by atoms with Gasteiger partial charge in [-0.15, -0.1) is 0 Å². The van der Waals surface area contributed by atoms with Gasteiger partial charge in [0, 0.05) is 5.69 Å². The van der Waals surface area contributed by atoms with Gasteiger partial charge in [-0.3, -0.25) is 4.79 Å². The summed E-state index contributed by atoms with van der Waals surface area (Å²) < 4.78 is 5.38. The third kappa shape index (κ3) is 3.90. The summed E-state index contributed by atoms with van der Waals surface area (Å²) in [5.74, 6) is 0.293. The summed E-state index contributed by atoms with van der Waals surface area (Å²) in [5.41, 5.74) is 1.49. The zero-order chi connectivity index (χ0) is 18.4. The van der Waals surface area contributed by atoms with E-state index in [0.717, 1.165) is 22.1 Å². The molecule has 0 aromatic heterocycles. The quantitative estimate of drug-likeness (QED) is 0.536. The van der Waals surface area contributed by atoms with Crippen molar-refractivity contribution in [2.45, 2.75) is 6.92 Å². The second-order valence-corrected chi connectivity index (χ2v) is 5.65. The van der Waals surface area contributed by atoms with Crippen LogP contribution in [0.4, 0.5) is 5.69 Å². The number of rotatable bonds is 5. The van der Waals surface area contributed by atoms with Crippen molar-refractivity contribution in [1.29, 1.82) is 5.26 Å². The van der Waals surface area contributed by atoms with Gasteiger partial charge < -0.3 is 10.1 Å². The van der Waals surface area contributed by atoms with Crippen LogP contribution in [0.3, 0.4) is 0 Å². The lowest BCUT2D eigenvalue weighted by Gasteiger charge is -2.07. The molecular formula is C22H18N2O2. The number of carbonyl (C=O) groups excluding carboxylic acids is 1. The Balaban J connectivity index is 1.84. The molecule has 0 atom stereocenters. The molecule has 128 valence electrons. The number of benzene rings is 3. The molecule has 0 saturated carbocycles. The van der Waals surface area contributed by atoms with E-state index < -0.39 is 5.91 Å². The van der Waals surface area contributed by atoms with Crippen LogP contribution in [-0.2, 0) is 4.79 Å². The third-order valence-corrected chi connectivity index (χ3v) is 3.91. The standard InChI is InChI=1S/C22H18N2O2/c1-2-26-20-12-10-19(11-13-20)24-22(25)18(15-23)14-17-8-5-7-16-6-3-4-9-21(16)17/h3-14H,2H2,1H3,(H,24,25)/b18-14+. The molecule has 3 aromatic rings. The van der Waals surface area contributed by atoms with E-state index in [-0.39, 0.29) is 5.57 Å². The molecule has 0 saturated heterocycles. The monoisotopic (exact) mass is 342 g/mol. The average Bonchev–Trinajstić information content (AvgIpc) is 2.68. The SMILES string of the molecule is CCOc1ccc(NC(=O)/C(C#N)=C/c2cccc3ccccc23)cc1. The van der Waals surface area contributed by atoms with Crippen molar-refractivity contribution >= 4 is 28.4 Å². The number of fused-ring (bicyclic) bond motifs is 1. The molecule has 0 radical (unpaired) electrons. The van der Waals surface area contributed by atoms with Gasteiger partial charge in [0.05, 0.1) is 6.61 Å². The highest BCUT2D eigenvalue weighted by atomic mass is 16.5. The normalized spacial score (nSPS) is 11.0. The lowest BCUT2D eigenvalue weighted by atomic mass is 10.0. The Morgan fingerprint density at radius 3 is 2.54 bits per heavy atom. The van der Waals surface area contributed by atoms with Crippen LogP contribution < -0.4 is 10.1 Å². The lowest BCUT2D eigenvalue weighted by molar-refractivity contribution is -0.112. The number of nitriles is 1. The Morgan fingerprint density at radius 2 is 1.81 bits per heavy atom. The van der Waals surface area contributed by atoms with Gasteiger partial charge in [-0.25, -0.2) is 0 Å². The van der Waals surface area contributed by atoms with Crippen molar-refractivity contribution in [3.8, 4) is 11.8 Å². The fourth-order valence-corrected chi connectivity index (χ4v) is 2.68. The largest absolute Gasteiger partial charge is 0.494 e. The summed E-state index contributed by atoms with van der Waals surface area (Å²) >= 11 is 0. The summed E-state index contributed by atoms with van der Waals surface area (Å²) in [4.78, 5) is 12.5. The zero-order valence-electron chi connectivity index (χ0n) is 14.4. The van der Waals surface area contributed by atoms with E-state index in [1.807, 2.05) is 55.5 Å². The number of hydrogen-bond acceptors (Lipinski definition) is 3. The minimum absolute atomic E-state index is 0.0511. The van der Waals surface area contributed by atoms with Crippen LogP contribution in [0.15, 0.2) is 72.3 Å². The number of hydrogen-bond donors (Lipinski definition) is 1. The molecule has 26 heavy (non-hydrogen) atoms. The average molecular weight is 342 g/mol. The molecule has 4 heteroatoms. The first-order valence-electron chi connectivity index (χ1n) is 8.35. The number of ether oxygens (including phenoxy) is 1. The number of carbonyl (C=O) groups is 1. The molecule has 0 aliphatic carbocycles. The smallest absolute Gasteiger partial charge is 0.266 e. The number of nitrogens with one attached hydrogen (secondary N) is 1. The van der Waals surface area contributed by atoms with Crippen molar-refractivity contribution in [3.05, 3.63) is 77.9 Å². The van der Waals surface area contributed by atoms with Crippen LogP contribution in [0, 0.1) is 11.3 Å². The van der Waals surface area contributed by atoms with Crippen LogP contribution in [0.25, 0.3) is 16.8 Å². The van der Waals surface area contributed by atoms with Crippen LogP contribution in [0.2, 0.25) is 0 Å². The topological polar surface area (TPSA) is 62.1 Å². The minimum atomic E-state index is -0.440. The number of amides is 1. The third-order valence-electron chi connectivity index (χ3n) is 3.91. The van der Waals surface area contributed by atoms with Crippen molar-refractivity contribution in [1.82, 2.24) is 0 Å². The molecule has 1 amide bonds. The first-order valence-corrected chi connectivity index (χ1v) is 8.35. The van der Waals surface area contributed by atoms with Crippen LogP contribution in [0.1, 0.15) is 12.5 Å². The fraction of sp³-hybridized carbons (Fsp3) is 0.0909. The Labute approximate surface area is 152 Å². The fourth-order valence-electron chi connectivity index (χ4n) is 2.68. The summed E-state index contributed by atoms with van der Waals surface area (Å²) in [7, 11) is 0. The molecule has 3 rings (SSSR count). The van der Waals surface area contributed by atoms with Gasteiger partial charge >= 0.3 is 0 Å². The van der Waals surface area contributed by atoms with Gasteiger partial charge in [0.25, 0.3) is 5.91 Å². The van der Waals surface area contributed by atoms with E-state index in [0.29, 0.717) is 12.3 Å². The molecule has 0 fully saturated rings. The molecular weight excluding hydrogens is 324 g/mol. The summed E-state index contributed by atoms with van der Waals surface area (Å²) in [6.07, 6.45) is 1.62. The van der Waals surface area contributed by atoms with E-state index >= 15 is 0 Å². The maximum atomic E-state index is 12.5. The zero-order valence-corrected chi connectivity index (χ0v) is 14.4. The van der Waals surface area contributed by atoms with Gasteiger partial charge in [-0.2, -0.15) is 5.26 Å². The Hall–Kier alpha value is -3.58. The van der Waals surface area contributed by atoms with Crippen LogP contribution in [0.5, 0.6) is 5.75 Å². The summed E-state index contributed by atoms with van der Waals surface area (Å²) in [6.45, 7) is 2.49. The van der Waals surface area contributed by atoms with E-state index in [9.17, 15) is 10.1 Å². The van der Waals surface area contributed by atoms with E-state index in [1.165, 1.54) is 0 Å². The maximum absolute atomic E-state index is 12.5. The van der Waals surface area contributed by atoms with Crippen LogP contribution >= 0.6 is 0 Å². The highest BCUT2D eigenvalue weighted by Crippen LogP contribution is 2.21. The summed E-state index contributed by atoms with van der Waals surface area (Å²) in [6, 6.07) is 22.7. The molecule has 0 aliphatic heterocycles. The lowest BCUT2D eigenvalue weighted by Crippen LogP contribution is -2.13. The molecule has 3 aromatic carbocycles. The van der Waals surface area contributed by atoms with E-state index in [1.54, 1.807) is 30.3 Å². The van der Waals surface area contributed by atoms with Crippen molar-refractivity contribution in [3.63, 3.8) is 0 Å². The molecule has 1 N–H and O–H groups in total. The molecule has 0 aliphatic rings. The van der Waals surface area contributed by atoms with E-state index in [2.05, 4.69) is 5.32 Å². The van der Waals surface area contributed by atoms with Gasteiger partial charge in [-0.05, 0) is 53.6 Å². The van der Waals surface area contributed by atoms with Gasteiger partial charge in [0.1, 0.15) is 17.4 Å². The Morgan fingerprint density at radius 1 is 1.08 bits per heavy atom. The highest BCUT2D eigenvalue weighted by Gasteiger charge is 2.10. The van der Waals surface area contributed by atoms with Crippen LogP contribution in [-0.4, -0.2) is 12.5 Å². The maximum Gasteiger partial charge on any atom is 0.266 e. The number of nitrogens with zero attached hydrogens (tertiary/aromatic N) is 1. The van der Waals surface area contributed by atoms with Gasteiger partial charge in [-0.1, -0.05) is 42.5 Å². The van der Waals surface area contributed by atoms with Crippen molar-refractivity contribution in [2.24, 2.45) is 0 Å². The second-order valence-electron chi connectivity index (χ2n) is 5.65. The van der Waals surface area contributed by atoms with Gasteiger partial charge in [0.15, 0.2) is 0 Å². The Bertz CT molecular complexity index is 993. The first kappa shape index (κ1) is 17.2. The summed E-state index contributed by atoms with van der Waals surface area (Å²) in [5, 5.41) is 14.2. The molecule has 0 heterocycles. The second kappa shape index (κ2) is 8.00. The molecule has 0 bridgehead atoms. The predicted octanol–water partition coefficient (Wildman–Crippen LogP) is 4.78. The molecule has 4 nitrogen and oxygen atoms in total. The highest BCUT2D eigenvalue weighted by molar-refractivity contribution is 6.10. The molecule has 0 unspecified atom stereocenters. The van der Waals surface area contributed by atoms with Gasteiger partial charge in [0.2, 0.25) is 0 Å². The van der Waals surface area contributed by atoms with Crippen molar-refractivity contribution in [2.75, 3.05) is 11.9 Å². The van der Waals surface area contributed by atoms with E-state index in [4.69, 9.17) is 4.74 Å². The Kier molecular flexibility index (Phi) is 5.31. The minimum Gasteiger partial charge on any atom is -0.494 e. The first-order chi connectivity index (χ1) is 12.7. The molecule has 0 spiro atoms. The predicted molar refractivity (Wildman–Crippen MR) is 104 cm³/mol.